The predicted octanol–water partition coefficient (Wildman–Crippen LogP) is 9.62. The highest BCUT2D eigenvalue weighted by atomic mass is 31.2. The van der Waals surface area contributed by atoms with Gasteiger partial charge >= 0.3 is 19.8 Å². The van der Waals surface area contributed by atoms with Crippen molar-refractivity contribution in [3.8, 4) is 0 Å². The average Bonchev–Trinajstić information content (AvgIpc) is 3.24. The normalized spacial score (nSPS) is 22.2. The van der Waals surface area contributed by atoms with Crippen LogP contribution in [0.1, 0.15) is 206 Å². The Morgan fingerprint density at radius 1 is 0.508 bits per heavy atom. The fourth-order valence-corrected chi connectivity index (χ4v) is 8.35. The van der Waals surface area contributed by atoms with E-state index in [2.05, 4.69) is 38.2 Å². The number of hydrogen-bond donors (Lipinski definition) is 6. The lowest BCUT2D eigenvalue weighted by Crippen LogP contribution is -2.64. The van der Waals surface area contributed by atoms with Gasteiger partial charge in [0.15, 0.2) is 6.10 Å². The van der Waals surface area contributed by atoms with Crippen molar-refractivity contribution in [1.29, 1.82) is 0 Å². The number of hydrogen-bond acceptors (Lipinski definition) is 12. The first-order valence-electron chi connectivity index (χ1n) is 24.1. The Morgan fingerprint density at radius 3 is 1.36 bits per heavy atom. The molecule has 0 aromatic rings. The minimum atomic E-state index is -5.12. The highest BCUT2D eigenvalue weighted by molar-refractivity contribution is 7.47. The van der Waals surface area contributed by atoms with Gasteiger partial charge in [0.05, 0.1) is 6.61 Å². The zero-order valence-electron chi connectivity index (χ0n) is 38.0. The highest BCUT2D eigenvalue weighted by Crippen LogP contribution is 2.47. The van der Waals surface area contributed by atoms with Crippen LogP contribution >= 0.6 is 7.82 Å². The van der Waals surface area contributed by atoms with Crippen molar-refractivity contribution in [3.63, 3.8) is 0 Å². The topological polar surface area (TPSA) is 210 Å². The van der Waals surface area contributed by atoms with Crippen LogP contribution in [0.4, 0.5) is 0 Å². The van der Waals surface area contributed by atoms with Crippen LogP contribution in [-0.4, -0.2) is 98.3 Å². The molecule has 0 amide bonds. The smallest absolute Gasteiger partial charge is 0.462 e. The SMILES string of the molecule is CCCCCC=CCC=CCCCCCCCCCC(=O)OCC(COP(=O)(O)OC1C(O)C(O)C(O)C(O)C1O)OC(=O)CCCCCCCCCCCCCCCCC. The Kier molecular flexibility index (Phi) is 35.4. The van der Waals surface area contributed by atoms with Crippen molar-refractivity contribution < 1.29 is 63.1 Å². The summed E-state index contributed by atoms with van der Waals surface area (Å²) in [6, 6.07) is 0. The third kappa shape index (κ3) is 30.2. The molecule has 0 bridgehead atoms. The van der Waals surface area contributed by atoms with Crippen molar-refractivity contribution in [2.45, 2.75) is 249 Å². The number of aliphatic hydroxyl groups is 5. The Bertz CT molecular complexity index is 1170. The van der Waals surface area contributed by atoms with Crippen LogP contribution in [0.25, 0.3) is 0 Å². The summed E-state index contributed by atoms with van der Waals surface area (Å²) in [6.45, 7) is 3.28. The third-order valence-corrected chi connectivity index (χ3v) is 12.3. The zero-order chi connectivity index (χ0) is 45.0. The molecule has 6 atom stereocenters. The van der Waals surface area contributed by atoms with E-state index in [1.165, 1.54) is 103 Å². The number of aliphatic hydroxyl groups excluding tert-OH is 5. The number of esters is 2. The van der Waals surface area contributed by atoms with Gasteiger partial charge in [-0.05, 0) is 44.9 Å². The standard InChI is InChI=1S/C47H87O13P/c1-3-5-7-9-11-13-15-17-19-20-22-23-25-27-29-31-33-35-40(48)57-37-39(38-58-61(55,56)60-47-45(53)43(51)42(50)44(52)46(47)54)59-41(49)36-34-32-30-28-26-24-21-18-16-14-12-10-8-6-4-2/h11,13,17,19,39,42-47,50-54H,3-10,12,14-16,18,20-38H2,1-2H3,(H,55,56). The first-order valence-corrected chi connectivity index (χ1v) is 25.6. The molecular weight excluding hydrogens is 803 g/mol. The van der Waals surface area contributed by atoms with E-state index in [0.717, 1.165) is 64.2 Å². The number of phosphoric ester groups is 1. The first kappa shape index (κ1) is 57.3. The maximum absolute atomic E-state index is 12.8. The van der Waals surface area contributed by atoms with Gasteiger partial charge < -0.3 is 39.9 Å². The van der Waals surface area contributed by atoms with Crippen molar-refractivity contribution in [2.24, 2.45) is 0 Å². The van der Waals surface area contributed by atoms with Crippen molar-refractivity contribution in [2.75, 3.05) is 13.2 Å². The van der Waals surface area contributed by atoms with Crippen molar-refractivity contribution in [3.05, 3.63) is 24.3 Å². The first-order chi connectivity index (χ1) is 29.4. The molecule has 0 spiro atoms. The van der Waals surface area contributed by atoms with Gasteiger partial charge in [0, 0.05) is 12.8 Å². The summed E-state index contributed by atoms with van der Waals surface area (Å²) in [7, 11) is -5.12. The monoisotopic (exact) mass is 891 g/mol. The number of unbranched alkanes of at least 4 members (excludes halogenated alkanes) is 24. The van der Waals surface area contributed by atoms with Gasteiger partial charge in [0.1, 0.15) is 43.2 Å². The Balaban J connectivity index is 2.43. The molecule has 1 aliphatic rings. The summed E-state index contributed by atoms with van der Waals surface area (Å²) >= 11 is 0. The van der Waals surface area contributed by atoms with E-state index >= 15 is 0 Å². The Morgan fingerprint density at radius 2 is 0.885 bits per heavy atom. The average molecular weight is 891 g/mol. The summed E-state index contributed by atoms with van der Waals surface area (Å²) in [5.41, 5.74) is 0. The molecule has 0 aliphatic heterocycles. The van der Waals surface area contributed by atoms with Crippen LogP contribution in [-0.2, 0) is 32.7 Å². The molecule has 0 aromatic heterocycles. The summed E-state index contributed by atoms with van der Waals surface area (Å²) in [5, 5.41) is 50.2. The summed E-state index contributed by atoms with van der Waals surface area (Å²) in [4.78, 5) is 35.7. The van der Waals surface area contributed by atoms with Crippen molar-refractivity contribution in [1.82, 2.24) is 0 Å². The molecule has 61 heavy (non-hydrogen) atoms. The third-order valence-electron chi connectivity index (χ3n) is 11.3. The van der Waals surface area contributed by atoms with Crippen LogP contribution in [0.15, 0.2) is 24.3 Å². The number of phosphoric acid groups is 1. The molecule has 1 rings (SSSR count). The maximum atomic E-state index is 12.8. The molecule has 0 saturated heterocycles. The zero-order valence-corrected chi connectivity index (χ0v) is 38.9. The van der Waals surface area contributed by atoms with Gasteiger partial charge in [-0.2, -0.15) is 0 Å². The quantitative estimate of drug-likeness (QED) is 0.0147. The lowest BCUT2D eigenvalue weighted by Gasteiger charge is -2.41. The van der Waals surface area contributed by atoms with E-state index in [-0.39, 0.29) is 12.8 Å². The van der Waals surface area contributed by atoms with Crippen LogP contribution in [0.5, 0.6) is 0 Å². The predicted molar refractivity (Wildman–Crippen MR) is 240 cm³/mol. The Labute approximate surface area is 368 Å². The van der Waals surface area contributed by atoms with Crippen molar-refractivity contribution >= 4 is 19.8 Å². The molecule has 0 aromatic carbocycles. The molecule has 1 fully saturated rings. The molecule has 6 N–H and O–H groups in total. The van der Waals surface area contributed by atoms with E-state index in [4.69, 9.17) is 18.5 Å². The lowest BCUT2D eigenvalue weighted by atomic mass is 9.85. The van der Waals surface area contributed by atoms with E-state index in [1.807, 2.05) is 0 Å². The lowest BCUT2D eigenvalue weighted by molar-refractivity contribution is -0.220. The largest absolute Gasteiger partial charge is 0.472 e. The maximum Gasteiger partial charge on any atom is 0.472 e. The molecule has 358 valence electrons. The number of carbonyl (C=O) groups excluding carboxylic acids is 2. The summed E-state index contributed by atoms with van der Waals surface area (Å²) < 4.78 is 33.6. The second-order valence-electron chi connectivity index (χ2n) is 17.0. The van der Waals surface area contributed by atoms with Crippen LogP contribution < -0.4 is 0 Å². The van der Waals surface area contributed by atoms with Crippen LogP contribution in [0.2, 0.25) is 0 Å². The van der Waals surface area contributed by atoms with Crippen LogP contribution in [0, 0.1) is 0 Å². The fourth-order valence-electron chi connectivity index (χ4n) is 7.38. The van der Waals surface area contributed by atoms with E-state index < -0.39 is 75.7 Å². The fraction of sp³-hybridized carbons (Fsp3) is 0.872. The van der Waals surface area contributed by atoms with E-state index in [0.29, 0.717) is 12.8 Å². The number of allylic oxidation sites excluding steroid dienone is 4. The minimum absolute atomic E-state index is 0.0993. The van der Waals surface area contributed by atoms with Gasteiger partial charge in [-0.25, -0.2) is 4.57 Å². The number of rotatable bonds is 40. The molecule has 0 radical (unpaired) electrons. The molecule has 6 unspecified atom stereocenters. The van der Waals surface area contributed by atoms with Crippen LogP contribution in [0.3, 0.4) is 0 Å². The summed E-state index contributed by atoms with van der Waals surface area (Å²) in [5.74, 6) is -1.10. The second-order valence-corrected chi connectivity index (χ2v) is 18.4. The highest BCUT2D eigenvalue weighted by Gasteiger charge is 2.51. The molecule has 14 heteroatoms. The van der Waals surface area contributed by atoms with E-state index in [9.17, 15) is 44.6 Å². The molecular formula is C47H87O13P. The van der Waals surface area contributed by atoms with Gasteiger partial charge in [0.2, 0.25) is 0 Å². The van der Waals surface area contributed by atoms with Gasteiger partial charge in [-0.1, -0.05) is 173 Å². The number of ether oxygens (including phenoxy) is 2. The second kappa shape index (κ2) is 37.7. The molecule has 1 aliphatic carbocycles. The van der Waals surface area contributed by atoms with Gasteiger partial charge in [-0.15, -0.1) is 0 Å². The molecule has 0 heterocycles. The Hall–Kier alpha value is -1.67. The summed E-state index contributed by atoms with van der Waals surface area (Å²) in [6.07, 6.45) is 27.9. The minimum Gasteiger partial charge on any atom is -0.462 e. The number of carbonyl (C=O) groups is 2. The van der Waals surface area contributed by atoms with Gasteiger partial charge in [-0.3, -0.25) is 18.6 Å². The molecule has 13 nitrogen and oxygen atoms in total. The van der Waals surface area contributed by atoms with E-state index in [1.54, 1.807) is 0 Å². The molecule has 1 saturated carbocycles. The van der Waals surface area contributed by atoms with Gasteiger partial charge in [0.25, 0.3) is 0 Å².